The summed E-state index contributed by atoms with van der Waals surface area (Å²) in [6, 6.07) is 3.75. The first-order chi connectivity index (χ1) is 9.80. The average molecular weight is 333 g/mol. The number of hydrogen-bond donors (Lipinski definition) is 1. The summed E-state index contributed by atoms with van der Waals surface area (Å²) in [4.78, 5) is 1.08. The molecule has 1 rings (SSSR count). The Morgan fingerprint density at radius 3 is 2.29 bits per heavy atom. The van der Waals surface area contributed by atoms with Gasteiger partial charge in [0.05, 0.1) is 20.0 Å². The molecule has 1 atom stereocenters. The number of ether oxygens (including phenoxy) is 2. The van der Waals surface area contributed by atoms with Crippen molar-refractivity contribution in [3.8, 4) is 11.5 Å². The van der Waals surface area contributed by atoms with Gasteiger partial charge in [-0.05, 0) is 30.9 Å². The Bertz CT molecular complexity index is 573. The largest absolute Gasteiger partial charge is 0.493 e. The van der Waals surface area contributed by atoms with Gasteiger partial charge in [0.25, 0.3) is 0 Å². The smallest absolute Gasteiger partial charge is 0.161 e. The van der Waals surface area contributed by atoms with E-state index in [1.807, 2.05) is 25.3 Å². The number of thioether (sulfide) groups is 1. The summed E-state index contributed by atoms with van der Waals surface area (Å²) in [5, 5.41) is 3.23. The third-order valence-corrected chi connectivity index (χ3v) is 4.91. The molecular weight excluding hydrogens is 310 g/mol. The van der Waals surface area contributed by atoms with Crippen LogP contribution in [-0.4, -0.2) is 46.9 Å². The predicted octanol–water partition coefficient (Wildman–Crippen LogP) is 1.95. The topological polar surface area (TPSA) is 64.6 Å². The molecule has 1 unspecified atom stereocenters. The summed E-state index contributed by atoms with van der Waals surface area (Å²) in [6.45, 7) is 2.44. The van der Waals surface area contributed by atoms with Gasteiger partial charge in [-0.1, -0.05) is 0 Å². The quantitative estimate of drug-likeness (QED) is 0.734. The fourth-order valence-corrected chi connectivity index (χ4v) is 3.67. The average Bonchev–Trinajstić information content (AvgIpc) is 2.42. The first-order valence-corrected chi connectivity index (χ1v) is 9.79. The highest BCUT2D eigenvalue weighted by atomic mass is 32.2. The van der Waals surface area contributed by atoms with Gasteiger partial charge in [0.15, 0.2) is 11.5 Å². The van der Waals surface area contributed by atoms with Crippen LogP contribution in [0.3, 0.4) is 0 Å². The number of hydrogen-bond acceptors (Lipinski definition) is 6. The van der Waals surface area contributed by atoms with Crippen LogP contribution in [0.4, 0.5) is 0 Å². The van der Waals surface area contributed by atoms with E-state index in [-0.39, 0.29) is 11.8 Å². The number of rotatable bonds is 8. The van der Waals surface area contributed by atoms with Crippen molar-refractivity contribution in [2.24, 2.45) is 0 Å². The number of nitrogens with one attached hydrogen (secondary N) is 1. The van der Waals surface area contributed by atoms with Gasteiger partial charge in [-0.25, -0.2) is 8.42 Å². The lowest BCUT2D eigenvalue weighted by Gasteiger charge is -2.17. The minimum Gasteiger partial charge on any atom is -0.493 e. The molecule has 0 aliphatic heterocycles. The fraction of sp³-hybridized carbons (Fsp3) is 0.571. The summed E-state index contributed by atoms with van der Waals surface area (Å²) >= 11 is 1.62. The molecule has 0 fully saturated rings. The van der Waals surface area contributed by atoms with E-state index in [2.05, 4.69) is 5.32 Å². The highest BCUT2D eigenvalue weighted by Crippen LogP contribution is 2.34. The van der Waals surface area contributed by atoms with E-state index < -0.39 is 9.84 Å². The zero-order valence-corrected chi connectivity index (χ0v) is 14.7. The molecule has 0 spiro atoms. The Hall–Kier alpha value is -0.920. The Labute approximate surface area is 131 Å². The molecule has 21 heavy (non-hydrogen) atoms. The van der Waals surface area contributed by atoms with E-state index in [4.69, 9.17) is 9.47 Å². The van der Waals surface area contributed by atoms with E-state index >= 15 is 0 Å². The molecule has 7 heteroatoms. The van der Waals surface area contributed by atoms with Crippen LogP contribution in [0.2, 0.25) is 0 Å². The van der Waals surface area contributed by atoms with E-state index in [1.165, 1.54) is 6.26 Å². The summed E-state index contributed by atoms with van der Waals surface area (Å²) in [7, 11) is 0.223. The molecule has 1 N–H and O–H groups in total. The van der Waals surface area contributed by atoms with E-state index in [0.29, 0.717) is 18.0 Å². The molecule has 0 aliphatic rings. The molecular formula is C14H23NO4S2. The summed E-state index contributed by atoms with van der Waals surface area (Å²) in [5.74, 6) is 1.48. The molecule has 0 heterocycles. The zero-order valence-electron chi connectivity index (χ0n) is 13.1. The van der Waals surface area contributed by atoms with Gasteiger partial charge < -0.3 is 14.8 Å². The van der Waals surface area contributed by atoms with Crippen molar-refractivity contribution < 1.29 is 17.9 Å². The SMILES string of the molecule is COc1cc(CNC(C)CS(C)(=O)=O)c(SC)cc1OC. The molecule has 5 nitrogen and oxygen atoms in total. The van der Waals surface area contributed by atoms with Gasteiger partial charge in [0.1, 0.15) is 9.84 Å². The summed E-state index contributed by atoms with van der Waals surface area (Å²) in [5.41, 5.74) is 1.06. The van der Waals surface area contributed by atoms with E-state index in [9.17, 15) is 8.42 Å². The van der Waals surface area contributed by atoms with Crippen molar-refractivity contribution in [3.63, 3.8) is 0 Å². The minimum absolute atomic E-state index is 0.109. The lowest BCUT2D eigenvalue weighted by molar-refractivity contribution is 0.353. The van der Waals surface area contributed by atoms with Crippen LogP contribution in [0.5, 0.6) is 11.5 Å². The van der Waals surface area contributed by atoms with Crippen LogP contribution in [0, 0.1) is 0 Å². The van der Waals surface area contributed by atoms with Crippen molar-refractivity contribution >= 4 is 21.6 Å². The van der Waals surface area contributed by atoms with E-state index in [0.717, 1.165) is 10.5 Å². The van der Waals surface area contributed by atoms with Crippen molar-refractivity contribution in [2.45, 2.75) is 24.4 Å². The molecule has 0 aromatic heterocycles. The van der Waals surface area contributed by atoms with Crippen LogP contribution in [0.15, 0.2) is 17.0 Å². The maximum absolute atomic E-state index is 11.3. The van der Waals surface area contributed by atoms with Crippen molar-refractivity contribution in [3.05, 3.63) is 17.7 Å². The third-order valence-electron chi connectivity index (χ3n) is 2.98. The standard InChI is InChI=1S/C14H23NO4S2/c1-10(9-21(5,16)17)15-8-11-6-12(18-2)13(19-3)7-14(11)20-4/h6-7,10,15H,8-9H2,1-5H3. The Morgan fingerprint density at radius 1 is 1.24 bits per heavy atom. The number of sulfone groups is 1. The lowest BCUT2D eigenvalue weighted by atomic mass is 10.2. The normalized spacial score (nSPS) is 13.0. The summed E-state index contributed by atoms with van der Waals surface area (Å²) in [6.07, 6.45) is 3.24. The summed E-state index contributed by atoms with van der Waals surface area (Å²) < 4.78 is 33.2. The monoisotopic (exact) mass is 333 g/mol. The van der Waals surface area contributed by atoms with Gasteiger partial charge in [0, 0.05) is 23.7 Å². The van der Waals surface area contributed by atoms with Gasteiger partial charge in [-0.2, -0.15) is 0 Å². The molecule has 0 amide bonds. The second kappa shape index (κ2) is 7.91. The van der Waals surface area contributed by atoms with E-state index in [1.54, 1.807) is 26.0 Å². The van der Waals surface area contributed by atoms with Gasteiger partial charge in [0.2, 0.25) is 0 Å². The Kier molecular flexibility index (Phi) is 6.83. The third kappa shape index (κ3) is 5.76. The number of benzene rings is 1. The first-order valence-electron chi connectivity index (χ1n) is 6.50. The van der Waals surface area contributed by atoms with Crippen LogP contribution in [0.25, 0.3) is 0 Å². The molecule has 120 valence electrons. The highest BCUT2D eigenvalue weighted by Gasteiger charge is 2.13. The predicted molar refractivity (Wildman–Crippen MR) is 87.3 cm³/mol. The number of methoxy groups -OCH3 is 2. The maximum Gasteiger partial charge on any atom is 0.161 e. The molecule has 0 saturated heterocycles. The van der Waals surface area contributed by atoms with Crippen LogP contribution in [-0.2, 0) is 16.4 Å². The Morgan fingerprint density at radius 2 is 1.81 bits per heavy atom. The van der Waals surface area contributed by atoms with Gasteiger partial charge in [-0.15, -0.1) is 11.8 Å². The van der Waals surface area contributed by atoms with Crippen LogP contribution >= 0.6 is 11.8 Å². The first kappa shape index (κ1) is 18.1. The molecule has 0 bridgehead atoms. The second-order valence-corrected chi connectivity index (χ2v) is 7.93. The van der Waals surface area contributed by atoms with Crippen LogP contribution < -0.4 is 14.8 Å². The van der Waals surface area contributed by atoms with Crippen molar-refractivity contribution in [1.29, 1.82) is 0 Å². The molecule has 1 aromatic rings. The second-order valence-electron chi connectivity index (χ2n) is 4.89. The molecule has 0 radical (unpaired) electrons. The zero-order chi connectivity index (χ0) is 16.0. The molecule has 0 aliphatic carbocycles. The van der Waals surface area contributed by atoms with Crippen molar-refractivity contribution in [1.82, 2.24) is 5.32 Å². The van der Waals surface area contributed by atoms with Crippen molar-refractivity contribution in [2.75, 3.05) is 32.5 Å². The minimum atomic E-state index is -2.98. The molecule has 0 saturated carbocycles. The lowest BCUT2D eigenvalue weighted by Crippen LogP contribution is -2.32. The maximum atomic E-state index is 11.3. The van der Waals surface area contributed by atoms with Crippen LogP contribution in [0.1, 0.15) is 12.5 Å². The highest BCUT2D eigenvalue weighted by molar-refractivity contribution is 7.98. The Balaban J connectivity index is 2.87. The molecule has 1 aromatic carbocycles. The van der Waals surface area contributed by atoms with Gasteiger partial charge in [-0.3, -0.25) is 0 Å². The van der Waals surface area contributed by atoms with Gasteiger partial charge >= 0.3 is 0 Å². The fourth-order valence-electron chi connectivity index (χ4n) is 2.03.